The molecule has 0 saturated heterocycles. The maximum atomic E-state index is 11.0. The van der Waals surface area contributed by atoms with E-state index in [9.17, 15) is 10.2 Å². The summed E-state index contributed by atoms with van der Waals surface area (Å²) in [5.41, 5.74) is 0.0941. The fraction of sp³-hybridized carbons (Fsp3) is 1.00. The van der Waals surface area contributed by atoms with E-state index in [1.807, 2.05) is 0 Å². The summed E-state index contributed by atoms with van der Waals surface area (Å²) in [7, 11) is 0. The Morgan fingerprint density at radius 3 is 2.15 bits per heavy atom. The first-order valence-electron chi connectivity index (χ1n) is 11.5. The van der Waals surface area contributed by atoms with Crippen molar-refractivity contribution in [2.45, 2.75) is 103 Å². The highest BCUT2D eigenvalue weighted by Crippen LogP contribution is 2.71. The maximum Gasteiger partial charge on any atom is 0.0650 e. The minimum Gasteiger partial charge on any atom is -0.390 e. The van der Waals surface area contributed by atoms with E-state index in [0.29, 0.717) is 16.7 Å². The summed E-state index contributed by atoms with van der Waals surface area (Å²) < 4.78 is 0. The van der Waals surface area contributed by atoms with Crippen LogP contribution >= 0.6 is 0 Å². The van der Waals surface area contributed by atoms with Gasteiger partial charge in [0.2, 0.25) is 0 Å². The van der Waals surface area contributed by atoms with Crippen molar-refractivity contribution >= 4 is 0 Å². The van der Waals surface area contributed by atoms with Crippen molar-refractivity contribution in [2.24, 2.45) is 46.3 Å². The fourth-order valence-electron chi connectivity index (χ4n) is 9.43. The molecule has 5 saturated carbocycles. The van der Waals surface area contributed by atoms with Crippen molar-refractivity contribution in [3.8, 4) is 0 Å². The van der Waals surface area contributed by atoms with E-state index in [4.69, 9.17) is 0 Å². The number of hydrogen-bond acceptors (Lipinski definition) is 2. The van der Waals surface area contributed by atoms with Crippen LogP contribution in [0.15, 0.2) is 0 Å². The first kappa shape index (κ1) is 18.0. The predicted octanol–water partition coefficient (Wildman–Crippen LogP) is 5.17. The monoisotopic (exact) mass is 360 g/mol. The van der Waals surface area contributed by atoms with E-state index in [1.54, 1.807) is 0 Å². The van der Waals surface area contributed by atoms with Crippen LogP contribution in [0.3, 0.4) is 0 Å². The molecule has 10 atom stereocenters. The van der Waals surface area contributed by atoms with E-state index < -0.39 is 11.2 Å². The molecule has 0 amide bonds. The normalized spacial score (nSPS) is 64.4. The van der Waals surface area contributed by atoms with Crippen molar-refractivity contribution in [1.82, 2.24) is 0 Å². The molecule has 2 heteroatoms. The third kappa shape index (κ3) is 2.24. The highest BCUT2D eigenvalue weighted by atomic mass is 16.3. The Morgan fingerprint density at radius 1 is 0.654 bits per heavy atom. The van der Waals surface area contributed by atoms with Gasteiger partial charge in [-0.15, -0.1) is 0 Å². The van der Waals surface area contributed by atoms with Gasteiger partial charge in [0.05, 0.1) is 11.2 Å². The smallest absolute Gasteiger partial charge is 0.0650 e. The lowest BCUT2D eigenvalue weighted by Gasteiger charge is -2.62. The quantitative estimate of drug-likeness (QED) is 0.626. The maximum absolute atomic E-state index is 11.0. The van der Waals surface area contributed by atoms with Crippen LogP contribution in [0.2, 0.25) is 0 Å². The van der Waals surface area contributed by atoms with Gasteiger partial charge < -0.3 is 10.2 Å². The van der Waals surface area contributed by atoms with E-state index in [1.165, 1.54) is 44.9 Å². The summed E-state index contributed by atoms with van der Waals surface area (Å²) in [6.07, 6.45) is 12.3. The first-order chi connectivity index (χ1) is 12.1. The molecule has 0 bridgehead atoms. The van der Waals surface area contributed by atoms with Crippen molar-refractivity contribution in [1.29, 1.82) is 0 Å². The van der Waals surface area contributed by atoms with Crippen LogP contribution in [0.1, 0.15) is 91.9 Å². The zero-order chi connectivity index (χ0) is 18.5. The molecule has 5 aliphatic rings. The zero-order valence-electron chi connectivity index (χ0n) is 17.4. The van der Waals surface area contributed by atoms with Gasteiger partial charge in [-0.2, -0.15) is 0 Å². The van der Waals surface area contributed by atoms with Gasteiger partial charge >= 0.3 is 0 Å². The minimum absolute atomic E-state index is 0.412. The molecule has 0 radical (unpaired) electrons. The molecule has 2 N–H and O–H groups in total. The molecule has 0 spiro atoms. The summed E-state index contributed by atoms with van der Waals surface area (Å²) >= 11 is 0. The Morgan fingerprint density at radius 2 is 1.38 bits per heavy atom. The number of rotatable bonds is 0. The molecule has 2 nitrogen and oxygen atoms in total. The molecule has 5 aliphatic carbocycles. The molecular weight excluding hydrogens is 320 g/mol. The second kappa shape index (κ2) is 5.29. The summed E-state index contributed by atoms with van der Waals surface area (Å²) in [5, 5.41) is 21.6. The van der Waals surface area contributed by atoms with Crippen molar-refractivity contribution < 1.29 is 10.2 Å². The highest BCUT2D eigenvalue weighted by Gasteiger charge is 2.66. The largest absolute Gasteiger partial charge is 0.390 e. The lowest BCUT2D eigenvalue weighted by Crippen LogP contribution is -2.55. The van der Waals surface area contributed by atoms with Crippen molar-refractivity contribution in [2.75, 3.05) is 0 Å². The Hall–Kier alpha value is -0.0800. The summed E-state index contributed by atoms with van der Waals surface area (Å²) in [6.45, 7) is 9.37. The average molecular weight is 361 g/mol. The van der Waals surface area contributed by atoms with Gasteiger partial charge in [-0.25, -0.2) is 0 Å². The van der Waals surface area contributed by atoms with Crippen LogP contribution in [-0.4, -0.2) is 21.4 Å². The molecule has 0 aliphatic heterocycles. The van der Waals surface area contributed by atoms with E-state index in [-0.39, 0.29) is 0 Å². The Bertz CT molecular complexity index is 595. The SMILES string of the molecule is CC1(O)CCC2C1CC1C3CCC4C[C@@](C)(O)CCC4(C)C3CCC12C. The molecule has 5 fully saturated rings. The highest BCUT2D eigenvalue weighted by molar-refractivity contribution is 5.15. The van der Waals surface area contributed by atoms with Crippen LogP contribution in [0.25, 0.3) is 0 Å². The summed E-state index contributed by atoms with van der Waals surface area (Å²) in [6, 6.07) is 0. The Labute approximate surface area is 160 Å². The third-order valence-electron chi connectivity index (χ3n) is 11.0. The molecule has 0 heterocycles. The first-order valence-corrected chi connectivity index (χ1v) is 11.5. The van der Waals surface area contributed by atoms with Crippen LogP contribution in [0, 0.1) is 46.3 Å². The van der Waals surface area contributed by atoms with Crippen LogP contribution in [0.5, 0.6) is 0 Å². The molecule has 0 aromatic carbocycles. The Balaban J connectivity index is 1.44. The second-order valence-electron chi connectivity index (χ2n) is 12.2. The molecular formula is C24H40O2. The third-order valence-corrected chi connectivity index (χ3v) is 11.0. The van der Waals surface area contributed by atoms with Gasteiger partial charge in [-0.05, 0) is 124 Å². The Kier molecular flexibility index (Phi) is 3.66. The second-order valence-corrected chi connectivity index (χ2v) is 12.2. The van der Waals surface area contributed by atoms with E-state index in [2.05, 4.69) is 27.7 Å². The van der Waals surface area contributed by atoms with Crippen LogP contribution < -0.4 is 0 Å². The van der Waals surface area contributed by atoms with Gasteiger partial charge in [0, 0.05) is 0 Å². The number of aliphatic hydroxyl groups is 2. The standard InChI is InChI=1S/C24H40O2/c1-21(25)11-12-22(2)15(14-21)5-6-16-17(22)7-9-23(3)18-8-10-24(4,26)20(18)13-19(16)23/h15-20,25-26H,5-14H2,1-4H3/t15?,16?,17?,18?,19?,20?,21-,22?,23?,24?/m0/s1. The van der Waals surface area contributed by atoms with Gasteiger partial charge in [-0.3, -0.25) is 0 Å². The van der Waals surface area contributed by atoms with Gasteiger partial charge in [0.15, 0.2) is 0 Å². The lowest BCUT2D eigenvalue weighted by molar-refractivity contribution is -0.146. The van der Waals surface area contributed by atoms with Gasteiger partial charge in [0.1, 0.15) is 0 Å². The molecule has 26 heavy (non-hydrogen) atoms. The number of fused-ring (bicyclic) bond motifs is 7. The summed E-state index contributed by atoms with van der Waals surface area (Å²) in [5.74, 6) is 4.61. The lowest BCUT2D eigenvalue weighted by atomic mass is 9.44. The molecule has 9 unspecified atom stereocenters. The number of hydrogen-bond donors (Lipinski definition) is 2. The fourth-order valence-corrected chi connectivity index (χ4v) is 9.43. The topological polar surface area (TPSA) is 40.5 Å². The molecule has 5 rings (SSSR count). The van der Waals surface area contributed by atoms with Crippen LogP contribution in [-0.2, 0) is 0 Å². The van der Waals surface area contributed by atoms with Gasteiger partial charge in [-0.1, -0.05) is 13.8 Å². The average Bonchev–Trinajstić information content (AvgIpc) is 3.03. The van der Waals surface area contributed by atoms with Crippen molar-refractivity contribution in [3.05, 3.63) is 0 Å². The molecule has 148 valence electrons. The predicted molar refractivity (Wildman–Crippen MR) is 105 cm³/mol. The summed E-state index contributed by atoms with van der Waals surface area (Å²) in [4.78, 5) is 0. The van der Waals surface area contributed by atoms with Gasteiger partial charge in [0.25, 0.3) is 0 Å². The molecule has 0 aromatic heterocycles. The molecule has 0 aromatic rings. The van der Waals surface area contributed by atoms with Crippen molar-refractivity contribution in [3.63, 3.8) is 0 Å². The minimum atomic E-state index is -0.427. The van der Waals surface area contributed by atoms with E-state index in [0.717, 1.165) is 48.9 Å². The van der Waals surface area contributed by atoms with Crippen LogP contribution in [0.4, 0.5) is 0 Å². The zero-order valence-corrected chi connectivity index (χ0v) is 17.4. The van der Waals surface area contributed by atoms with E-state index >= 15 is 0 Å².